The van der Waals surface area contributed by atoms with Crippen LogP contribution in [0.2, 0.25) is 0 Å². The Bertz CT molecular complexity index is 751. The van der Waals surface area contributed by atoms with E-state index in [0.29, 0.717) is 31.3 Å². The monoisotopic (exact) mass is 337 g/mol. The van der Waals surface area contributed by atoms with Gasteiger partial charge in [-0.05, 0) is 32.3 Å². The molecule has 7 heteroatoms. The molecule has 6 nitrogen and oxygen atoms in total. The molecular weight excluding hydrogens is 314 g/mol. The van der Waals surface area contributed by atoms with Gasteiger partial charge in [0.25, 0.3) is 5.56 Å². The minimum Gasteiger partial charge on any atom is -0.393 e. The molecule has 0 saturated carbocycles. The Hall–Kier alpha value is -1.73. The number of aliphatic hydroxyl groups excluding tert-OH is 1. The van der Waals surface area contributed by atoms with Gasteiger partial charge in [-0.1, -0.05) is 6.92 Å². The SMILES string of the molecule is CCC(O)CCNC(=O)CCn1cnc2sc(C)c(C)c2c1=O. The molecule has 2 rings (SSSR count). The Morgan fingerprint density at radius 3 is 2.91 bits per heavy atom. The number of aromatic nitrogens is 2. The Balaban J connectivity index is 1.97. The predicted octanol–water partition coefficient (Wildman–Crippen LogP) is 1.74. The zero-order valence-electron chi connectivity index (χ0n) is 13.8. The van der Waals surface area contributed by atoms with Crippen molar-refractivity contribution in [1.29, 1.82) is 0 Å². The average molecular weight is 337 g/mol. The molecule has 0 bridgehead atoms. The van der Waals surface area contributed by atoms with Crippen LogP contribution < -0.4 is 10.9 Å². The lowest BCUT2D eigenvalue weighted by Crippen LogP contribution is -2.29. The van der Waals surface area contributed by atoms with Crippen LogP contribution >= 0.6 is 11.3 Å². The van der Waals surface area contributed by atoms with Crippen LogP contribution in [-0.2, 0) is 11.3 Å². The molecule has 0 saturated heterocycles. The van der Waals surface area contributed by atoms with Crippen LogP contribution in [0, 0.1) is 13.8 Å². The van der Waals surface area contributed by atoms with Gasteiger partial charge in [0, 0.05) is 24.4 Å². The van der Waals surface area contributed by atoms with Gasteiger partial charge in [-0.3, -0.25) is 14.2 Å². The summed E-state index contributed by atoms with van der Waals surface area (Å²) in [6.07, 6.45) is 2.57. The molecule has 0 aromatic carbocycles. The molecule has 23 heavy (non-hydrogen) atoms. The van der Waals surface area contributed by atoms with Gasteiger partial charge >= 0.3 is 0 Å². The second-order valence-corrected chi connectivity index (χ2v) is 6.86. The van der Waals surface area contributed by atoms with Gasteiger partial charge in [0.05, 0.1) is 17.8 Å². The van der Waals surface area contributed by atoms with Crippen molar-refractivity contribution in [2.45, 2.75) is 52.7 Å². The quantitative estimate of drug-likeness (QED) is 0.806. The lowest BCUT2D eigenvalue weighted by Gasteiger charge is -2.09. The lowest BCUT2D eigenvalue weighted by molar-refractivity contribution is -0.121. The molecule has 1 atom stereocenters. The molecule has 0 spiro atoms. The standard InChI is InChI=1S/C16H23N3O3S/c1-4-12(20)5-7-17-13(21)6-8-19-9-18-15-14(16(19)22)10(2)11(3)23-15/h9,12,20H,4-8H2,1-3H3,(H,17,21). The molecule has 0 aliphatic carbocycles. The number of fused-ring (bicyclic) bond motifs is 1. The third kappa shape index (κ3) is 4.17. The highest BCUT2D eigenvalue weighted by Crippen LogP contribution is 2.25. The van der Waals surface area contributed by atoms with Gasteiger partial charge in [0.2, 0.25) is 5.91 Å². The van der Waals surface area contributed by atoms with Crippen LogP contribution in [0.5, 0.6) is 0 Å². The smallest absolute Gasteiger partial charge is 0.262 e. The van der Waals surface area contributed by atoms with Gasteiger partial charge < -0.3 is 10.4 Å². The van der Waals surface area contributed by atoms with Crippen molar-refractivity contribution < 1.29 is 9.90 Å². The van der Waals surface area contributed by atoms with E-state index in [4.69, 9.17) is 0 Å². The van der Waals surface area contributed by atoms with Crippen LogP contribution in [0.3, 0.4) is 0 Å². The summed E-state index contributed by atoms with van der Waals surface area (Å²) in [5.41, 5.74) is 0.876. The highest BCUT2D eigenvalue weighted by Gasteiger charge is 2.12. The first-order chi connectivity index (χ1) is 10.9. The van der Waals surface area contributed by atoms with E-state index in [-0.39, 0.29) is 24.0 Å². The zero-order chi connectivity index (χ0) is 17.0. The van der Waals surface area contributed by atoms with Crippen molar-refractivity contribution in [1.82, 2.24) is 14.9 Å². The van der Waals surface area contributed by atoms with E-state index in [0.717, 1.165) is 15.3 Å². The molecule has 0 aliphatic heterocycles. The fourth-order valence-electron chi connectivity index (χ4n) is 2.32. The molecule has 2 N–H and O–H groups in total. The Kier molecular flexibility index (Phi) is 5.90. The summed E-state index contributed by atoms with van der Waals surface area (Å²) in [4.78, 5) is 30.4. The van der Waals surface area contributed by atoms with E-state index in [1.807, 2.05) is 20.8 Å². The zero-order valence-corrected chi connectivity index (χ0v) is 14.6. The highest BCUT2D eigenvalue weighted by molar-refractivity contribution is 7.18. The first kappa shape index (κ1) is 17.6. The predicted molar refractivity (Wildman–Crippen MR) is 91.9 cm³/mol. The van der Waals surface area contributed by atoms with Gasteiger partial charge in [-0.15, -0.1) is 11.3 Å². The molecule has 126 valence electrons. The molecule has 2 heterocycles. The number of carbonyl (C=O) groups is 1. The number of nitrogens with one attached hydrogen (secondary N) is 1. The van der Waals surface area contributed by atoms with Gasteiger partial charge in [0.1, 0.15) is 4.83 Å². The maximum Gasteiger partial charge on any atom is 0.262 e. The van der Waals surface area contributed by atoms with E-state index in [2.05, 4.69) is 10.3 Å². The van der Waals surface area contributed by atoms with Gasteiger partial charge in [-0.2, -0.15) is 0 Å². The minimum atomic E-state index is -0.380. The summed E-state index contributed by atoms with van der Waals surface area (Å²) >= 11 is 1.51. The van der Waals surface area contributed by atoms with Crippen molar-refractivity contribution in [3.05, 3.63) is 27.1 Å². The van der Waals surface area contributed by atoms with Crippen LogP contribution in [0.4, 0.5) is 0 Å². The van der Waals surface area contributed by atoms with E-state index < -0.39 is 0 Å². The summed E-state index contributed by atoms with van der Waals surface area (Å²) in [5.74, 6) is -0.126. The fourth-order valence-corrected chi connectivity index (χ4v) is 3.31. The number of amides is 1. The summed E-state index contributed by atoms with van der Waals surface area (Å²) < 4.78 is 1.49. The largest absolute Gasteiger partial charge is 0.393 e. The first-order valence-corrected chi connectivity index (χ1v) is 8.65. The third-order valence-corrected chi connectivity index (χ3v) is 5.12. The topological polar surface area (TPSA) is 84.2 Å². The van der Waals surface area contributed by atoms with Crippen LogP contribution in [-0.4, -0.2) is 33.2 Å². The molecule has 0 radical (unpaired) electrons. The Morgan fingerprint density at radius 1 is 1.48 bits per heavy atom. The lowest BCUT2D eigenvalue weighted by atomic mass is 10.2. The molecule has 1 amide bonds. The number of hydrogen-bond acceptors (Lipinski definition) is 5. The maximum absolute atomic E-state index is 12.5. The number of rotatable bonds is 7. The van der Waals surface area contributed by atoms with Crippen LogP contribution in [0.1, 0.15) is 36.6 Å². The molecule has 2 aromatic rings. The van der Waals surface area contributed by atoms with Gasteiger partial charge in [-0.25, -0.2) is 4.98 Å². The third-order valence-electron chi connectivity index (χ3n) is 4.01. The Labute approximate surface area is 139 Å². The van der Waals surface area contributed by atoms with Crippen LogP contribution in [0.25, 0.3) is 10.2 Å². The van der Waals surface area contributed by atoms with E-state index in [1.54, 1.807) is 0 Å². The van der Waals surface area contributed by atoms with E-state index in [9.17, 15) is 14.7 Å². The van der Waals surface area contributed by atoms with E-state index in [1.165, 1.54) is 22.2 Å². The number of thiophene rings is 1. The van der Waals surface area contributed by atoms with Gasteiger partial charge in [0.15, 0.2) is 0 Å². The summed E-state index contributed by atoms with van der Waals surface area (Å²) in [6, 6.07) is 0. The summed E-state index contributed by atoms with van der Waals surface area (Å²) in [5, 5.41) is 12.9. The van der Waals surface area contributed by atoms with Crippen molar-refractivity contribution in [3.8, 4) is 0 Å². The minimum absolute atomic E-state index is 0.0916. The summed E-state index contributed by atoms with van der Waals surface area (Å²) in [6.45, 7) is 6.55. The number of carbonyl (C=O) groups excluding carboxylic acids is 1. The Morgan fingerprint density at radius 2 is 2.22 bits per heavy atom. The maximum atomic E-state index is 12.5. The van der Waals surface area contributed by atoms with E-state index >= 15 is 0 Å². The highest BCUT2D eigenvalue weighted by atomic mass is 32.1. The number of hydrogen-bond donors (Lipinski definition) is 2. The van der Waals surface area contributed by atoms with Crippen LogP contribution in [0.15, 0.2) is 11.1 Å². The molecule has 0 aliphatic rings. The van der Waals surface area contributed by atoms with Crippen molar-refractivity contribution in [3.63, 3.8) is 0 Å². The number of nitrogens with zero attached hydrogens (tertiary/aromatic N) is 2. The van der Waals surface area contributed by atoms with Crippen molar-refractivity contribution in [2.24, 2.45) is 0 Å². The molecule has 1 unspecified atom stereocenters. The fraction of sp³-hybridized carbons (Fsp3) is 0.562. The second kappa shape index (κ2) is 7.70. The second-order valence-electron chi connectivity index (χ2n) is 5.66. The number of aliphatic hydroxyl groups is 1. The molecular formula is C16H23N3O3S. The van der Waals surface area contributed by atoms with Crippen molar-refractivity contribution in [2.75, 3.05) is 6.54 Å². The number of aryl methyl sites for hydroxylation is 3. The molecule has 0 fully saturated rings. The first-order valence-electron chi connectivity index (χ1n) is 7.84. The molecule has 2 aromatic heterocycles. The summed E-state index contributed by atoms with van der Waals surface area (Å²) in [7, 11) is 0. The average Bonchev–Trinajstić information content (AvgIpc) is 2.82. The normalized spacial score (nSPS) is 12.5. The van der Waals surface area contributed by atoms with Crippen molar-refractivity contribution >= 4 is 27.5 Å².